The predicted molar refractivity (Wildman–Crippen MR) is 59.9 cm³/mol. The molecule has 17 heavy (non-hydrogen) atoms. The highest BCUT2D eigenvalue weighted by Crippen LogP contribution is 2.11. The maximum Gasteiger partial charge on any atom is 0.318 e. The number of urea groups is 1. The number of hydroxylamine groups is 2. The van der Waals surface area contributed by atoms with E-state index in [1.165, 1.54) is 0 Å². The lowest BCUT2D eigenvalue weighted by atomic mass is 10.0. The number of carbonyl (C=O) groups is 3. The van der Waals surface area contributed by atoms with Crippen molar-refractivity contribution in [1.29, 1.82) is 0 Å². The monoisotopic (exact) mass is 245 g/mol. The molecule has 0 aromatic carbocycles. The number of nitrogens with one attached hydrogen (secondary N) is 1. The van der Waals surface area contributed by atoms with Crippen molar-refractivity contribution in [3.8, 4) is 0 Å². The number of nitrogens with two attached hydrogens (primary N) is 1. The second kappa shape index (κ2) is 8.51. The molecule has 0 unspecified atom stereocenters. The zero-order valence-electron chi connectivity index (χ0n) is 9.89. The number of hydrogen-bond donors (Lipinski definition) is 3. The molecule has 0 aliphatic rings. The van der Waals surface area contributed by atoms with E-state index >= 15 is 0 Å². The van der Waals surface area contributed by atoms with E-state index in [-0.39, 0.29) is 13.0 Å². The molecule has 0 rings (SSSR count). The standard InChI is InChI=1S/C10H19N3O4/c1-2-3-4-5-8(6-13(17)7-14)9(15)12-10(11)16/h7-8,17H,2-6H2,1H3,(H3,11,12,15,16)/t8-/m1/s1. The van der Waals surface area contributed by atoms with Crippen molar-refractivity contribution in [1.82, 2.24) is 10.4 Å². The Bertz CT molecular complexity index is 270. The Hall–Kier alpha value is -1.63. The molecule has 0 bridgehead atoms. The Morgan fingerprint density at radius 2 is 2.12 bits per heavy atom. The molecule has 1 atom stereocenters. The second-order valence-corrected chi connectivity index (χ2v) is 3.77. The highest BCUT2D eigenvalue weighted by molar-refractivity contribution is 5.94. The lowest BCUT2D eigenvalue weighted by molar-refractivity contribution is -0.154. The van der Waals surface area contributed by atoms with Gasteiger partial charge in [-0.3, -0.25) is 20.1 Å². The quantitative estimate of drug-likeness (QED) is 0.246. The minimum Gasteiger partial charge on any atom is -0.351 e. The first kappa shape index (κ1) is 15.4. The van der Waals surface area contributed by atoms with Crippen LogP contribution in [-0.2, 0) is 9.59 Å². The van der Waals surface area contributed by atoms with Gasteiger partial charge >= 0.3 is 6.03 Å². The summed E-state index contributed by atoms with van der Waals surface area (Å²) in [6.07, 6.45) is 3.40. The molecule has 0 aromatic rings. The SMILES string of the molecule is CCCCC[C@H](CN(O)C=O)C(=O)NC(N)=O. The second-order valence-electron chi connectivity index (χ2n) is 3.77. The Labute approximate surface area is 99.9 Å². The first-order valence-corrected chi connectivity index (χ1v) is 5.52. The summed E-state index contributed by atoms with van der Waals surface area (Å²) < 4.78 is 0. The summed E-state index contributed by atoms with van der Waals surface area (Å²) in [7, 11) is 0. The summed E-state index contributed by atoms with van der Waals surface area (Å²) in [5.74, 6) is -1.21. The molecule has 7 heteroatoms. The van der Waals surface area contributed by atoms with Crippen molar-refractivity contribution >= 4 is 18.3 Å². The fraction of sp³-hybridized carbons (Fsp3) is 0.700. The lowest BCUT2D eigenvalue weighted by Gasteiger charge is -2.18. The van der Waals surface area contributed by atoms with Crippen LogP contribution in [0.5, 0.6) is 0 Å². The van der Waals surface area contributed by atoms with Gasteiger partial charge in [-0.2, -0.15) is 0 Å². The van der Waals surface area contributed by atoms with Crippen molar-refractivity contribution < 1.29 is 19.6 Å². The average molecular weight is 245 g/mol. The van der Waals surface area contributed by atoms with Gasteiger partial charge in [0.2, 0.25) is 12.3 Å². The highest BCUT2D eigenvalue weighted by Gasteiger charge is 2.21. The van der Waals surface area contributed by atoms with Gasteiger partial charge in [-0.25, -0.2) is 9.86 Å². The van der Waals surface area contributed by atoms with Gasteiger partial charge in [0, 0.05) is 0 Å². The molecule has 0 fully saturated rings. The van der Waals surface area contributed by atoms with Crippen LogP contribution in [0.15, 0.2) is 0 Å². The zero-order valence-corrected chi connectivity index (χ0v) is 9.89. The van der Waals surface area contributed by atoms with Gasteiger partial charge in [0.15, 0.2) is 0 Å². The van der Waals surface area contributed by atoms with Crippen LogP contribution in [-0.4, -0.2) is 35.2 Å². The normalized spacial score (nSPS) is 11.6. The summed E-state index contributed by atoms with van der Waals surface area (Å²) in [5, 5.41) is 11.4. The molecule has 0 heterocycles. The summed E-state index contributed by atoms with van der Waals surface area (Å²) in [6.45, 7) is 1.87. The smallest absolute Gasteiger partial charge is 0.318 e. The third-order valence-corrected chi connectivity index (χ3v) is 2.30. The molecule has 0 aliphatic heterocycles. The van der Waals surface area contributed by atoms with Crippen molar-refractivity contribution in [3.63, 3.8) is 0 Å². The van der Waals surface area contributed by atoms with Crippen LogP contribution in [0.25, 0.3) is 0 Å². The van der Waals surface area contributed by atoms with E-state index < -0.39 is 17.9 Å². The van der Waals surface area contributed by atoms with Gasteiger partial charge in [0.25, 0.3) is 0 Å². The number of rotatable bonds is 8. The van der Waals surface area contributed by atoms with Crippen molar-refractivity contribution in [2.24, 2.45) is 11.7 Å². The van der Waals surface area contributed by atoms with Crippen LogP contribution in [0.1, 0.15) is 32.6 Å². The van der Waals surface area contributed by atoms with Gasteiger partial charge in [0.05, 0.1) is 12.5 Å². The van der Waals surface area contributed by atoms with E-state index in [2.05, 4.69) is 0 Å². The van der Waals surface area contributed by atoms with Crippen molar-refractivity contribution in [2.75, 3.05) is 6.54 Å². The molecule has 0 spiro atoms. The fourth-order valence-electron chi connectivity index (χ4n) is 1.44. The Balaban J connectivity index is 4.31. The molecule has 0 saturated heterocycles. The van der Waals surface area contributed by atoms with Crippen LogP contribution in [0.2, 0.25) is 0 Å². The largest absolute Gasteiger partial charge is 0.351 e. The first-order valence-electron chi connectivity index (χ1n) is 5.52. The topological polar surface area (TPSA) is 113 Å². The molecule has 0 saturated carbocycles. The molecular formula is C10H19N3O4. The summed E-state index contributed by atoms with van der Waals surface area (Å²) in [6, 6.07) is -0.939. The van der Waals surface area contributed by atoms with Crippen LogP contribution in [0, 0.1) is 5.92 Å². The zero-order chi connectivity index (χ0) is 13.3. The van der Waals surface area contributed by atoms with Crippen molar-refractivity contribution in [2.45, 2.75) is 32.6 Å². The maximum atomic E-state index is 11.5. The minimum atomic E-state index is -0.939. The Kier molecular flexibility index (Phi) is 7.70. The molecule has 0 radical (unpaired) electrons. The van der Waals surface area contributed by atoms with Crippen LogP contribution in [0.4, 0.5) is 4.79 Å². The van der Waals surface area contributed by atoms with Gasteiger partial charge in [0.1, 0.15) is 0 Å². The lowest BCUT2D eigenvalue weighted by Crippen LogP contribution is -2.42. The van der Waals surface area contributed by atoms with Gasteiger partial charge in [-0.05, 0) is 6.42 Å². The summed E-state index contributed by atoms with van der Waals surface area (Å²) >= 11 is 0. The van der Waals surface area contributed by atoms with E-state index in [1.807, 2.05) is 12.2 Å². The van der Waals surface area contributed by atoms with E-state index in [1.54, 1.807) is 0 Å². The van der Waals surface area contributed by atoms with Gasteiger partial charge in [-0.15, -0.1) is 0 Å². The molecule has 0 aliphatic carbocycles. The van der Waals surface area contributed by atoms with E-state index in [0.717, 1.165) is 19.3 Å². The minimum absolute atomic E-state index is 0.147. The van der Waals surface area contributed by atoms with Gasteiger partial charge < -0.3 is 5.73 Å². The summed E-state index contributed by atoms with van der Waals surface area (Å²) in [4.78, 5) is 32.3. The van der Waals surface area contributed by atoms with Crippen LogP contribution < -0.4 is 11.1 Å². The third-order valence-electron chi connectivity index (χ3n) is 2.30. The van der Waals surface area contributed by atoms with E-state index in [9.17, 15) is 14.4 Å². The molecule has 4 amide bonds. The summed E-state index contributed by atoms with van der Waals surface area (Å²) in [5.41, 5.74) is 4.83. The fourth-order valence-corrected chi connectivity index (χ4v) is 1.44. The van der Waals surface area contributed by atoms with Crippen molar-refractivity contribution in [3.05, 3.63) is 0 Å². The number of imide groups is 1. The third kappa shape index (κ3) is 7.29. The number of primary amides is 1. The maximum absolute atomic E-state index is 11.5. The first-order chi connectivity index (χ1) is 8.01. The number of hydrogen-bond acceptors (Lipinski definition) is 4. The van der Waals surface area contributed by atoms with Crippen LogP contribution >= 0.6 is 0 Å². The molecular weight excluding hydrogens is 226 g/mol. The van der Waals surface area contributed by atoms with E-state index in [4.69, 9.17) is 10.9 Å². The average Bonchev–Trinajstić information content (AvgIpc) is 2.26. The number of carbonyl (C=O) groups excluding carboxylic acids is 3. The molecule has 98 valence electrons. The molecule has 4 N–H and O–H groups in total. The molecule has 0 aromatic heterocycles. The van der Waals surface area contributed by atoms with Gasteiger partial charge in [-0.1, -0.05) is 26.2 Å². The number of amides is 4. The predicted octanol–water partition coefficient (Wildman–Crippen LogP) is 0.225. The molecule has 7 nitrogen and oxygen atoms in total. The Morgan fingerprint density at radius 1 is 1.47 bits per heavy atom. The van der Waals surface area contributed by atoms with Crippen LogP contribution in [0.3, 0.4) is 0 Å². The number of unbranched alkanes of at least 4 members (excludes halogenated alkanes) is 2. The Morgan fingerprint density at radius 3 is 2.59 bits per heavy atom. The number of nitrogens with zero attached hydrogens (tertiary/aromatic N) is 1. The highest BCUT2D eigenvalue weighted by atomic mass is 16.5. The van der Waals surface area contributed by atoms with E-state index in [0.29, 0.717) is 11.5 Å².